The first-order valence-corrected chi connectivity index (χ1v) is 6.86. The van der Waals surface area contributed by atoms with Crippen molar-refractivity contribution in [2.24, 2.45) is 0 Å². The molecule has 1 aromatic carbocycles. The third-order valence-corrected chi connectivity index (χ3v) is 3.30. The fraction of sp³-hybridized carbons (Fsp3) is 0.125. The van der Waals surface area contributed by atoms with Crippen LogP contribution in [0, 0.1) is 19.3 Å². The second-order valence-corrected chi connectivity index (χ2v) is 5.14. The van der Waals surface area contributed by atoms with Crippen molar-refractivity contribution in [3.05, 3.63) is 52.1 Å². The Morgan fingerprint density at radius 1 is 1.40 bits per heavy atom. The van der Waals surface area contributed by atoms with Crippen LogP contribution >= 0.6 is 15.9 Å². The monoisotopic (exact) mass is 328 g/mol. The SMILES string of the molecule is C#CCNC(=O)c1ccc(-c2cccc(Br)c2)nc1C. The number of benzene rings is 1. The van der Waals surface area contributed by atoms with Crippen LogP contribution < -0.4 is 5.32 Å². The van der Waals surface area contributed by atoms with Crippen LogP contribution in [0.15, 0.2) is 40.9 Å². The molecule has 0 atom stereocenters. The number of hydrogen-bond acceptors (Lipinski definition) is 2. The van der Waals surface area contributed by atoms with Crippen molar-refractivity contribution in [1.29, 1.82) is 0 Å². The maximum absolute atomic E-state index is 11.9. The van der Waals surface area contributed by atoms with Crippen LogP contribution in [0.1, 0.15) is 16.1 Å². The number of aryl methyl sites for hydroxylation is 1. The Morgan fingerprint density at radius 3 is 2.85 bits per heavy atom. The maximum Gasteiger partial charge on any atom is 0.253 e. The summed E-state index contributed by atoms with van der Waals surface area (Å²) in [6, 6.07) is 11.5. The summed E-state index contributed by atoms with van der Waals surface area (Å²) in [6.45, 7) is 2.03. The standard InChI is InChI=1S/C16H13BrN2O/c1-3-9-18-16(20)14-7-8-15(19-11(14)2)12-5-4-6-13(17)10-12/h1,4-8,10H,9H2,2H3,(H,18,20). The minimum atomic E-state index is -0.200. The molecule has 0 unspecified atom stereocenters. The molecule has 1 heterocycles. The number of rotatable bonds is 3. The topological polar surface area (TPSA) is 42.0 Å². The van der Waals surface area contributed by atoms with E-state index in [1.54, 1.807) is 6.07 Å². The summed E-state index contributed by atoms with van der Waals surface area (Å²) in [5.74, 6) is 2.17. The van der Waals surface area contributed by atoms with Gasteiger partial charge >= 0.3 is 0 Å². The summed E-state index contributed by atoms with van der Waals surface area (Å²) < 4.78 is 0.991. The normalized spacial score (nSPS) is 9.85. The van der Waals surface area contributed by atoms with Gasteiger partial charge in [-0.2, -0.15) is 0 Å². The van der Waals surface area contributed by atoms with Crippen LogP contribution in [0.25, 0.3) is 11.3 Å². The predicted octanol–water partition coefficient (Wildman–Crippen LogP) is 3.18. The molecule has 0 saturated heterocycles. The summed E-state index contributed by atoms with van der Waals surface area (Å²) in [5, 5.41) is 2.64. The van der Waals surface area contributed by atoms with Crippen LogP contribution in [0.3, 0.4) is 0 Å². The number of nitrogens with one attached hydrogen (secondary N) is 1. The highest BCUT2D eigenvalue weighted by molar-refractivity contribution is 9.10. The fourth-order valence-corrected chi connectivity index (χ4v) is 2.24. The van der Waals surface area contributed by atoms with Gasteiger partial charge in [-0.25, -0.2) is 0 Å². The maximum atomic E-state index is 11.9. The molecule has 1 amide bonds. The molecule has 0 saturated carbocycles. The number of aromatic nitrogens is 1. The van der Waals surface area contributed by atoms with Crippen LogP contribution in [0.2, 0.25) is 0 Å². The van der Waals surface area contributed by atoms with Gasteiger partial charge in [0.05, 0.1) is 23.5 Å². The number of hydrogen-bond donors (Lipinski definition) is 1. The Morgan fingerprint density at radius 2 is 2.20 bits per heavy atom. The van der Waals surface area contributed by atoms with Gasteiger partial charge in [0.15, 0.2) is 0 Å². The number of carbonyl (C=O) groups is 1. The van der Waals surface area contributed by atoms with E-state index in [4.69, 9.17) is 6.42 Å². The van der Waals surface area contributed by atoms with Crippen LogP contribution in [-0.2, 0) is 0 Å². The lowest BCUT2D eigenvalue weighted by Gasteiger charge is -2.08. The summed E-state index contributed by atoms with van der Waals surface area (Å²) in [5.41, 5.74) is 3.05. The molecule has 0 fully saturated rings. The lowest BCUT2D eigenvalue weighted by molar-refractivity contribution is 0.0957. The first kappa shape index (κ1) is 14.3. The largest absolute Gasteiger partial charge is 0.341 e. The second-order valence-electron chi connectivity index (χ2n) is 4.23. The minimum Gasteiger partial charge on any atom is -0.341 e. The summed E-state index contributed by atoms with van der Waals surface area (Å²) in [7, 11) is 0. The van der Waals surface area contributed by atoms with E-state index < -0.39 is 0 Å². The van der Waals surface area contributed by atoms with Crippen molar-refractivity contribution in [1.82, 2.24) is 10.3 Å². The van der Waals surface area contributed by atoms with Crippen molar-refractivity contribution >= 4 is 21.8 Å². The third-order valence-electron chi connectivity index (χ3n) is 2.80. The van der Waals surface area contributed by atoms with Gasteiger partial charge in [0.2, 0.25) is 0 Å². The number of terminal acetylenes is 1. The Balaban J connectivity index is 2.31. The molecule has 2 rings (SSSR count). The molecule has 20 heavy (non-hydrogen) atoms. The number of amides is 1. The smallest absolute Gasteiger partial charge is 0.253 e. The molecule has 0 aliphatic carbocycles. The van der Waals surface area contributed by atoms with E-state index in [2.05, 4.69) is 32.2 Å². The zero-order valence-electron chi connectivity index (χ0n) is 11.0. The van der Waals surface area contributed by atoms with Crippen molar-refractivity contribution in [2.75, 3.05) is 6.54 Å². The first-order chi connectivity index (χ1) is 9.61. The van der Waals surface area contributed by atoms with Gasteiger partial charge in [0, 0.05) is 10.0 Å². The van der Waals surface area contributed by atoms with Crippen LogP contribution in [-0.4, -0.2) is 17.4 Å². The molecule has 1 N–H and O–H groups in total. The van der Waals surface area contributed by atoms with Gasteiger partial charge in [-0.05, 0) is 31.2 Å². The molecule has 1 aromatic heterocycles. The molecular weight excluding hydrogens is 316 g/mol. The third kappa shape index (κ3) is 3.25. The zero-order chi connectivity index (χ0) is 14.5. The van der Waals surface area contributed by atoms with Gasteiger partial charge in [0.25, 0.3) is 5.91 Å². The molecule has 2 aromatic rings. The zero-order valence-corrected chi connectivity index (χ0v) is 12.6. The molecule has 4 heteroatoms. The predicted molar refractivity (Wildman–Crippen MR) is 83.3 cm³/mol. The van der Waals surface area contributed by atoms with E-state index in [0.29, 0.717) is 11.3 Å². The van der Waals surface area contributed by atoms with E-state index in [-0.39, 0.29) is 12.5 Å². The summed E-state index contributed by atoms with van der Waals surface area (Å²) >= 11 is 3.43. The molecule has 0 spiro atoms. The van der Waals surface area contributed by atoms with Gasteiger partial charge < -0.3 is 5.32 Å². The van der Waals surface area contributed by atoms with Crippen molar-refractivity contribution < 1.29 is 4.79 Å². The molecule has 0 aliphatic heterocycles. The highest BCUT2D eigenvalue weighted by Gasteiger charge is 2.10. The second kappa shape index (κ2) is 6.36. The van der Waals surface area contributed by atoms with E-state index in [1.807, 2.05) is 37.3 Å². The van der Waals surface area contributed by atoms with Gasteiger partial charge in [-0.3, -0.25) is 9.78 Å². The van der Waals surface area contributed by atoms with Gasteiger partial charge in [-0.15, -0.1) is 6.42 Å². The lowest BCUT2D eigenvalue weighted by Crippen LogP contribution is -2.24. The highest BCUT2D eigenvalue weighted by Crippen LogP contribution is 2.22. The van der Waals surface area contributed by atoms with Crippen LogP contribution in [0.4, 0.5) is 0 Å². The summed E-state index contributed by atoms with van der Waals surface area (Å²) in [6.07, 6.45) is 5.12. The molecule has 0 bridgehead atoms. The number of pyridine rings is 1. The van der Waals surface area contributed by atoms with Gasteiger partial charge in [0.1, 0.15) is 0 Å². The van der Waals surface area contributed by atoms with Crippen LogP contribution in [0.5, 0.6) is 0 Å². The van der Waals surface area contributed by atoms with Crippen molar-refractivity contribution in [3.63, 3.8) is 0 Å². The Hall–Kier alpha value is -2.12. The Bertz CT molecular complexity index is 689. The minimum absolute atomic E-state index is 0.200. The average Bonchev–Trinajstić information content (AvgIpc) is 2.44. The van der Waals surface area contributed by atoms with E-state index >= 15 is 0 Å². The molecule has 3 nitrogen and oxygen atoms in total. The number of halogens is 1. The molecule has 100 valence electrons. The Kier molecular flexibility index (Phi) is 4.54. The fourth-order valence-electron chi connectivity index (χ4n) is 1.84. The molecule has 0 radical (unpaired) electrons. The van der Waals surface area contributed by atoms with Crippen molar-refractivity contribution in [2.45, 2.75) is 6.92 Å². The van der Waals surface area contributed by atoms with Gasteiger partial charge in [-0.1, -0.05) is 34.0 Å². The molecule has 0 aliphatic rings. The summed E-state index contributed by atoms with van der Waals surface area (Å²) in [4.78, 5) is 16.4. The van der Waals surface area contributed by atoms with Crippen molar-refractivity contribution in [3.8, 4) is 23.6 Å². The number of carbonyl (C=O) groups excluding carboxylic acids is 1. The highest BCUT2D eigenvalue weighted by atomic mass is 79.9. The number of nitrogens with zero attached hydrogens (tertiary/aromatic N) is 1. The first-order valence-electron chi connectivity index (χ1n) is 6.07. The quantitative estimate of drug-likeness (QED) is 0.879. The van der Waals surface area contributed by atoms with E-state index in [0.717, 1.165) is 15.7 Å². The molecular formula is C16H13BrN2O. The average molecular weight is 329 g/mol. The Labute approximate surface area is 126 Å². The van der Waals surface area contributed by atoms with E-state index in [9.17, 15) is 4.79 Å². The van der Waals surface area contributed by atoms with E-state index in [1.165, 1.54) is 0 Å². The lowest BCUT2D eigenvalue weighted by atomic mass is 10.1.